The van der Waals surface area contributed by atoms with E-state index in [9.17, 15) is 14.4 Å². The largest absolute Gasteiger partial charge is 0.469 e. The van der Waals surface area contributed by atoms with Gasteiger partial charge in [-0.2, -0.15) is 0 Å². The van der Waals surface area contributed by atoms with Crippen molar-refractivity contribution in [2.24, 2.45) is 11.8 Å². The summed E-state index contributed by atoms with van der Waals surface area (Å²) < 4.78 is 14.2. The van der Waals surface area contributed by atoms with E-state index >= 15 is 0 Å². The average molecular weight is 304 g/mol. The normalized spacial score (nSPS) is 9.90. The zero-order valence-electron chi connectivity index (χ0n) is 13.9. The first-order valence-electron chi connectivity index (χ1n) is 7.10. The number of rotatable bonds is 8. The maximum atomic E-state index is 11.0. The number of ether oxygens (including phenoxy) is 3. The molecule has 124 valence electrons. The Morgan fingerprint density at radius 1 is 0.905 bits per heavy atom. The molecule has 0 atom stereocenters. The molecule has 0 aliphatic heterocycles. The number of Topliss-reactive ketones (excluding diaryl/α,β-unsaturated/α-hetero) is 1. The van der Waals surface area contributed by atoms with Crippen molar-refractivity contribution in [2.75, 3.05) is 26.9 Å². The molecule has 0 aromatic rings. The summed E-state index contributed by atoms with van der Waals surface area (Å²) in [5.74, 6) is -0.451. The first kappa shape index (κ1) is 21.9. The van der Waals surface area contributed by atoms with E-state index in [4.69, 9.17) is 9.47 Å². The number of hydrogen-bond donors (Lipinski definition) is 0. The lowest BCUT2D eigenvalue weighted by atomic mass is 10.2. The Hall–Kier alpha value is -1.43. The minimum absolute atomic E-state index is 0.00463. The third kappa shape index (κ3) is 14.8. The molecule has 0 unspecified atom stereocenters. The Balaban J connectivity index is 0. The molecule has 0 spiro atoms. The molecule has 0 aromatic heterocycles. The van der Waals surface area contributed by atoms with Gasteiger partial charge in [-0.25, -0.2) is 0 Å². The third-order valence-corrected chi connectivity index (χ3v) is 2.27. The summed E-state index contributed by atoms with van der Waals surface area (Å²) in [5, 5.41) is 0. The second-order valence-electron chi connectivity index (χ2n) is 4.94. The zero-order valence-corrected chi connectivity index (χ0v) is 13.9. The summed E-state index contributed by atoms with van der Waals surface area (Å²) in [6, 6.07) is 0. The van der Waals surface area contributed by atoms with E-state index in [2.05, 4.69) is 4.74 Å². The molecule has 0 radical (unpaired) electrons. The predicted molar refractivity (Wildman–Crippen MR) is 78.8 cm³/mol. The maximum Gasteiger partial charge on any atom is 0.308 e. The van der Waals surface area contributed by atoms with E-state index in [0.717, 1.165) is 0 Å². The van der Waals surface area contributed by atoms with Gasteiger partial charge in [0.25, 0.3) is 0 Å². The van der Waals surface area contributed by atoms with Crippen LogP contribution in [0, 0.1) is 11.8 Å². The third-order valence-electron chi connectivity index (χ3n) is 2.27. The van der Waals surface area contributed by atoms with E-state index < -0.39 is 0 Å². The van der Waals surface area contributed by atoms with Crippen molar-refractivity contribution in [3.8, 4) is 0 Å². The highest BCUT2D eigenvalue weighted by atomic mass is 16.6. The minimum atomic E-state index is -0.240. The van der Waals surface area contributed by atoms with Crippen LogP contribution < -0.4 is 0 Å². The van der Waals surface area contributed by atoms with Crippen molar-refractivity contribution in [3.05, 3.63) is 0 Å². The fraction of sp³-hybridized carbons (Fsp3) is 0.800. The molecule has 21 heavy (non-hydrogen) atoms. The number of carbonyl (C=O) groups excluding carboxylic acids is 3. The van der Waals surface area contributed by atoms with Crippen molar-refractivity contribution >= 4 is 17.7 Å². The van der Waals surface area contributed by atoms with E-state index in [1.54, 1.807) is 34.6 Å². The minimum Gasteiger partial charge on any atom is -0.469 e. The molecular formula is C15H28O6. The van der Waals surface area contributed by atoms with Gasteiger partial charge in [0.1, 0.15) is 13.2 Å². The van der Waals surface area contributed by atoms with Gasteiger partial charge < -0.3 is 14.2 Å². The van der Waals surface area contributed by atoms with Crippen LogP contribution in [0.25, 0.3) is 0 Å². The first-order chi connectivity index (χ1) is 9.76. The number of methoxy groups -OCH3 is 1. The number of ketones is 1. The van der Waals surface area contributed by atoms with Gasteiger partial charge in [-0.1, -0.05) is 34.6 Å². The van der Waals surface area contributed by atoms with Gasteiger partial charge >= 0.3 is 11.9 Å². The monoisotopic (exact) mass is 304 g/mol. The molecule has 6 heteroatoms. The van der Waals surface area contributed by atoms with Gasteiger partial charge in [-0.15, -0.1) is 0 Å². The zero-order chi connectivity index (χ0) is 16.8. The summed E-state index contributed by atoms with van der Waals surface area (Å²) in [4.78, 5) is 32.0. The van der Waals surface area contributed by atoms with Crippen molar-refractivity contribution in [2.45, 2.75) is 41.0 Å². The first-order valence-corrected chi connectivity index (χ1v) is 7.10. The molecule has 0 bridgehead atoms. The highest BCUT2D eigenvalue weighted by molar-refractivity contribution is 5.79. The lowest BCUT2D eigenvalue weighted by Gasteiger charge is -2.06. The van der Waals surface area contributed by atoms with Crippen molar-refractivity contribution in [1.82, 2.24) is 0 Å². The van der Waals surface area contributed by atoms with Crippen LogP contribution in [0.4, 0.5) is 0 Å². The quantitative estimate of drug-likeness (QED) is 0.504. The molecule has 0 saturated heterocycles. The SMILES string of the molecule is CCC(=O)COCCOC(=O)C(C)C.COC(=O)C(C)C. The molecular weight excluding hydrogens is 276 g/mol. The van der Waals surface area contributed by atoms with Crippen LogP contribution in [0.2, 0.25) is 0 Å². The van der Waals surface area contributed by atoms with Crippen molar-refractivity contribution in [3.63, 3.8) is 0 Å². The van der Waals surface area contributed by atoms with Gasteiger partial charge in [0, 0.05) is 6.42 Å². The number of carbonyl (C=O) groups is 3. The Morgan fingerprint density at radius 2 is 1.43 bits per heavy atom. The van der Waals surface area contributed by atoms with Gasteiger partial charge in [0.2, 0.25) is 0 Å². The topological polar surface area (TPSA) is 78.9 Å². The van der Waals surface area contributed by atoms with Crippen LogP contribution in [0.3, 0.4) is 0 Å². The van der Waals surface area contributed by atoms with Gasteiger partial charge in [0.15, 0.2) is 5.78 Å². The lowest BCUT2D eigenvalue weighted by Crippen LogP contribution is -2.17. The summed E-state index contributed by atoms with van der Waals surface area (Å²) in [7, 11) is 1.39. The molecule has 0 fully saturated rings. The van der Waals surface area contributed by atoms with Crippen molar-refractivity contribution in [1.29, 1.82) is 0 Å². The van der Waals surface area contributed by atoms with E-state index in [1.807, 2.05) is 0 Å². The molecule has 0 N–H and O–H groups in total. The van der Waals surface area contributed by atoms with Crippen LogP contribution in [-0.4, -0.2) is 44.7 Å². The molecule has 0 aliphatic rings. The second kappa shape index (κ2) is 13.5. The van der Waals surface area contributed by atoms with E-state index in [1.165, 1.54) is 7.11 Å². The standard InChI is InChI=1S/C10H18O4.C5H10O2/c1-4-9(11)7-13-5-6-14-10(12)8(2)3;1-4(2)5(6)7-3/h8H,4-7H2,1-3H3;4H,1-3H3. The fourth-order valence-corrected chi connectivity index (χ4v) is 0.892. The van der Waals surface area contributed by atoms with Crippen molar-refractivity contribution < 1.29 is 28.6 Å². The molecule has 0 rings (SSSR count). The molecule has 0 amide bonds. The van der Waals surface area contributed by atoms with Gasteiger partial charge in [0.05, 0.1) is 25.6 Å². The molecule has 0 aliphatic carbocycles. The van der Waals surface area contributed by atoms with E-state index in [-0.39, 0.29) is 49.4 Å². The van der Waals surface area contributed by atoms with Crippen LogP contribution >= 0.6 is 0 Å². The van der Waals surface area contributed by atoms with Gasteiger partial charge in [-0.3, -0.25) is 14.4 Å². The smallest absolute Gasteiger partial charge is 0.308 e. The summed E-state index contributed by atoms with van der Waals surface area (Å²) in [5.41, 5.74) is 0. The van der Waals surface area contributed by atoms with Crippen LogP contribution in [0.15, 0.2) is 0 Å². The number of hydrogen-bond acceptors (Lipinski definition) is 6. The lowest BCUT2D eigenvalue weighted by molar-refractivity contribution is -0.149. The molecule has 0 saturated carbocycles. The highest BCUT2D eigenvalue weighted by Gasteiger charge is 2.07. The van der Waals surface area contributed by atoms with E-state index in [0.29, 0.717) is 6.42 Å². The Labute approximate surface area is 127 Å². The van der Waals surface area contributed by atoms with Gasteiger partial charge in [-0.05, 0) is 0 Å². The average Bonchev–Trinajstić information content (AvgIpc) is 2.45. The highest BCUT2D eigenvalue weighted by Crippen LogP contribution is 1.95. The van der Waals surface area contributed by atoms with Crippen LogP contribution in [-0.2, 0) is 28.6 Å². The Kier molecular flexibility index (Phi) is 14.1. The predicted octanol–water partition coefficient (Wildman–Crippen LogP) is 2.00. The second-order valence-corrected chi connectivity index (χ2v) is 4.94. The van der Waals surface area contributed by atoms with Crippen LogP contribution in [0.1, 0.15) is 41.0 Å². The summed E-state index contributed by atoms with van der Waals surface area (Å²) in [6.07, 6.45) is 0.478. The number of esters is 2. The molecule has 6 nitrogen and oxygen atoms in total. The summed E-state index contributed by atoms with van der Waals surface area (Å²) in [6.45, 7) is 9.52. The molecule has 0 heterocycles. The summed E-state index contributed by atoms with van der Waals surface area (Å²) >= 11 is 0. The maximum absolute atomic E-state index is 11.0. The Bertz CT molecular complexity index is 309. The fourth-order valence-electron chi connectivity index (χ4n) is 0.892. The molecule has 0 aromatic carbocycles. The van der Waals surface area contributed by atoms with Crippen LogP contribution in [0.5, 0.6) is 0 Å². The Morgan fingerprint density at radius 3 is 1.76 bits per heavy atom.